The fraction of sp³-hybridized carbons (Fsp3) is 0.188. The minimum atomic E-state index is -3.92. The van der Waals surface area contributed by atoms with Crippen LogP contribution in [0.1, 0.15) is 11.1 Å². The first kappa shape index (κ1) is 16.6. The third-order valence-corrected chi connectivity index (χ3v) is 4.75. The van der Waals surface area contributed by atoms with Crippen LogP contribution < -0.4 is 14.2 Å². The third-order valence-electron chi connectivity index (χ3n) is 3.32. The van der Waals surface area contributed by atoms with Crippen LogP contribution in [0.25, 0.3) is 0 Å². The van der Waals surface area contributed by atoms with Crippen molar-refractivity contribution in [2.24, 2.45) is 0 Å². The summed E-state index contributed by atoms with van der Waals surface area (Å²) >= 11 is 0. The maximum absolute atomic E-state index is 12.6. The minimum Gasteiger partial charge on any atom is -0.496 e. The van der Waals surface area contributed by atoms with Crippen molar-refractivity contribution >= 4 is 15.7 Å². The molecule has 0 spiro atoms. The number of rotatable bonds is 5. The smallest absolute Gasteiger partial charge is 0.263 e. The van der Waals surface area contributed by atoms with Crippen LogP contribution in [0.15, 0.2) is 41.3 Å². The van der Waals surface area contributed by atoms with Crippen molar-refractivity contribution in [2.75, 3.05) is 18.9 Å². The van der Waals surface area contributed by atoms with Gasteiger partial charge in [0.1, 0.15) is 22.5 Å². The zero-order valence-electron chi connectivity index (χ0n) is 13.0. The van der Waals surface area contributed by atoms with Gasteiger partial charge in [-0.05, 0) is 31.2 Å². The molecule has 0 saturated heterocycles. The molecule has 120 valence electrons. The molecule has 0 atom stereocenters. The number of nitriles is 1. The van der Waals surface area contributed by atoms with Crippen LogP contribution in [0.3, 0.4) is 0 Å². The summed E-state index contributed by atoms with van der Waals surface area (Å²) in [5.74, 6) is 0.949. The second-order valence-electron chi connectivity index (χ2n) is 4.69. The Balaban J connectivity index is 2.50. The Morgan fingerprint density at radius 1 is 1.09 bits per heavy atom. The fourth-order valence-corrected chi connectivity index (χ4v) is 3.45. The van der Waals surface area contributed by atoms with Crippen LogP contribution in [0.4, 0.5) is 5.69 Å². The second kappa shape index (κ2) is 6.58. The highest BCUT2D eigenvalue weighted by molar-refractivity contribution is 7.92. The largest absolute Gasteiger partial charge is 0.496 e. The lowest BCUT2D eigenvalue weighted by Gasteiger charge is -2.16. The van der Waals surface area contributed by atoms with Crippen LogP contribution >= 0.6 is 0 Å². The van der Waals surface area contributed by atoms with Gasteiger partial charge in [0.05, 0.1) is 25.5 Å². The molecule has 0 aliphatic carbocycles. The molecule has 0 fully saturated rings. The molecule has 0 heterocycles. The van der Waals surface area contributed by atoms with E-state index in [1.165, 1.54) is 26.4 Å². The summed E-state index contributed by atoms with van der Waals surface area (Å²) in [7, 11) is -0.949. The Morgan fingerprint density at radius 3 is 2.39 bits per heavy atom. The van der Waals surface area contributed by atoms with Gasteiger partial charge in [-0.1, -0.05) is 12.1 Å². The van der Waals surface area contributed by atoms with E-state index in [0.29, 0.717) is 17.1 Å². The molecule has 0 bridgehead atoms. The van der Waals surface area contributed by atoms with E-state index in [9.17, 15) is 8.42 Å². The minimum absolute atomic E-state index is 0.0733. The number of methoxy groups -OCH3 is 2. The highest BCUT2D eigenvalue weighted by Crippen LogP contribution is 2.36. The normalized spacial score (nSPS) is 10.7. The first-order chi connectivity index (χ1) is 10.9. The average molecular weight is 332 g/mol. The molecule has 0 aromatic heterocycles. The van der Waals surface area contributed by atoms with Crippen LogP contribution in [-0.2, 0) is 10.0 Å². The van der Waals surface area contributed by atoms with E-state index in [2.05, 4.69) is 4.72 Å². The summed E-state index contributed by atoms with van der Waals surface area (Å²) in [5, 5.41) is 9.08. The summed E-state index contributed by atoms with van der Waals surface area (Å²) in [5.41, 5.74) is 1.02. The Labute approximate surface area is 135 Å². The molecule has 1 N–H and O–H groups in total. The van der Waals surface area contributed by atoms with E-state index < -0.39 is 10.0 Å². The molecular formula is C16H16N2O4S. The average Bonchev–Trinajstić information content (AvgIpc) is 2.55. The summed E-state index contributed by atoms with van der Waals surface area (Å²) < 4.78 is 38.1. The highest BCUT2D eigenvalue weighted by atomic mass is 32.2. The van der Waals surface area contributed by atoms with E-state index in [4.69, 9.17) is 14.7 Å². The fourth-order valence-electron chi connectivity index (χ4n) is 2.23. The monoisotopic (exact) mass is 332 g/mol. The van der Waals surface area contributed by atoms with Crippen molar-refractivity contribution in [3.63, 3.8) is 0 Å². The van der Waals surface area contributed by atoms with Gasteiger partial charge in [0.25, 0.3) is 10.0 Å². The molecule has 0 aliphatic rings. The first-order valence-corrected chi connectivity index (χ1v) is 8.16. The molecule has 2 aromatic carbocycles. The van der Waals surface area contributed by atoms with Gasteiger partial charge >= 0.3 is 0 Å². The summed E-state index contributed by atoms with van der Waals surface area (Å²) in [4.78, 5) is -0.0852. The van der Waals surface area contributed by atoms with Crippen LogP contribution in [0.2, 0.25) is 0 Å². The molecule has 0 unspecified atom stereocenters. The molecule has 0 saturated carbocycles. The predicted octanol–water partition coefficient (Wildman–Crippen LogP) is 2.68. The number of ether oxygens (including phenoxy) is 2. The van der Waals surface area contributed by atoms with Gasteiger partial charge in [-0.2, -0.15) is 5.26 Å². The van der Waals surface area contributed by atoms with E-state index in [1.54, 1.807) is 31.2 Å². The maximum Gasteiger partial charge on any atom is 0.263 e. The van der Waals surface area contributed by atoms with Crippen molar-refractivity contribution in [1.82, 2.24) is 0 Å². The Hall–Kier alpha value is -2.72. The quantitative estimate of drug-likeness (QED) is 0.909. The van der Waals surface area contributed by atoms with E-state index in [-0.39, 0.29) is 16.1 Å². The SMILES string of the molecule is COc1ccc(NS(=O)(=O)c2ccccc2C#N)c(OC)c1C. The Morgan fingerprint density at radius 2 is 1.78 bits per heavy atom. The van der Waals surface area contributed by atoms with Crippen molar-refractivity contribution < 1.29 is 17.9 Å². The van der Waals surface area contributed by atoms with Gasteiger partial charge in [-0.3, -0.25) is 4.72 Å². The summed E-state index contributed by atoms with van der Waals surface area (Å²) in [6, 6.07) is 11.1. The molecular weight excluding hydrogens is 316 g/mol. The molecule has 2 aromatic rings. The number of nitrogens with zero attached hydrogens (tertiary/aromatic N) is 1. The molecule has 7 heteroatoms. The topological polar surface area (TPSA) is 88.4 Å². The van der Waals surface area contributed by atoms with Crippen LogP contribution in [0.5, 0.6) is 11.5 Å². The molecule has 0 radical (unpaired) electrons. The number of anilines is 1. The standard InChI is InChI=1S/C16H16N2O4S/c1-11-14(21-2)9-8-13(16(11)22-3)18-23(19,20)15-7-5-4-6-12(15)10-17/h4-9,18H,1-3H3. The Bertz CT molecular complexity index is 870. The van der Waals surface area contributed by atoms with Crippen molar-refractivity contribution in [2.45, 2.75) is 11.8 Å². The van der Waals surface area contributed by atoms with Gasteiger partial charge in [0.15, 0.2) is 0 Å². The number of hydrogen-bond donors (Lipinski definition) is 1. The molecule has 6 nitrogen and oxygen atoms in total. The van der Waals surface area contributed by atoms with E-state index >= 15 is 0 Å². The summed E-state index contributed by atoms with van der Waals surface area (Å²) in [6.45, 7) is 1.76. The van der Waals surface area contributed by atoms with Gasteiger partial charge in [-0.15, -0.1) is 0 Å². The van der Waals surface area contributed by atoms with E-state index in [1.807, 2.05) is 6.07 Å². The molecule has 0 amide bonds. The number of sulfonamides is 1. The third kappa shape index (κ3) is 3.22. The lowest BCUT2D eigenvalue weighted by atomic mass is 10.2. The zero-order chi connectivity index (χ0) is 17.0. The molecule has 23 heavy (non-hydrogen) atoms. The molecule has 2 rings (SSSR count). The first-order valence-electron chi connectivity index (χ1n) is 6.68. The van der Waals surface area contributed by atoms with Gasteiger partial charge in [-0.25, -0.2) is 8.42 Å². The second-order valence-corrected chi connectivity index (χ2v) is 6.34. The Kier molecular flexibility index (Phi) is 4.77. The summed E-state index contributed by atoms with van der Waals surface area (Å²) in [6.07, 6.45) is 0. The highest BCUT2D eigenvalue weighted by Gasteiger charge is 2.21. The van der Waals surface area contributed by atoms with Gasteiger partial charge in [0.2, 0.25) is 0 Å². The molecule has 0 aliphatic heterocycles. The van der Waals surface area contributed by atoms with Crippen LogP contribution in [0, 0.1) is 18.3 Å². The lowest BCUT2D eigenvalue weighted by molar-refractivity contribution is 0.390. The number of hydrogen-bond acceptors (Lipinski definition) is 5. The van der Waals surface area contributed by atoms with Gasteiger partial charge < -0.3 is 9.47 Å². The zero-order valence-corrected chi connectivity index (χ0v) is 13.8. The number of nitrogens with one attached hydrogen (secondary N) is 1. The van der Waals surface area contributed by atoms with Crippen LogP contribution in [-0.4, -0.2) is 22.6 Å². The van der Waals surface area contributed by atoms with Gasteiger partial charge in [0, 0.05) is 5.56 Å². The maximum atomic E-state index is 12.6. The van der Waals surface area contributed by atoms with Crippen molar-refractivity contribution in [3.8, 4) is 17.6 Å². The number of benzene rings is 2. The lowest BCUT2D eigenvalue weighted by Crippen LogP contribution is -2.15. The van der Waals surface area contributed by atoms with Crippen molar-refractivity contribution in [1.29, 1.82) is 5.26 Å². The van der Waals surface area contributed by atoms with Crippen molar-refractivity contribution in [3.05, 3.63) is 47.5 Å². The predicted molar refractivity (Wildman–Crippen MR) is 86.2 cm³/mol. The van der Waals surface area contributed by atoms with E-state index in [0.717, 1.165) is 0 Å².